The van der Waals surface area contributed by atoms with Crippen molar-refractivity contribution in [3.63, 3.8) is 0 Å². The average molecular weight is 338 g/mol. The Labute approximate surface area is 122 Å². The number of carbonyl (C=O) groups is 1. The van der Waals surface area contributed by atoms with E-state index in [0.29, 0.717) is 6.54 Å². The number of hydrogen-bond donors (Lipinski definition) is 1. The minimum atomic E-state index is -0.848. The van der Waals surface area contributed by atoms with Crippen molar-refractivity contribution in [1.29, 1.82) is 0 Å². The third kappa shape index (κ3) is 2.02. The molecule has 1 aliphatic heterocycles. The zero-order valence-electron chi connectivity index (χ0n) is 10.3. The van der Waals surface area contributed by atoms with E-state index in [1.54, 1.807) is 12.1 Å². The molecule has 0 radical (unpaired) electrons. The number of para-hydroxylation sites is 1. The summed E-state index contributed by atoms with van der Waals surface area (Å²) in [6, 6.07) is 9.64. The number of halogens is 3. The van der Waals surface area contributed by atoms with Crippen molar-refractivity contribution in [3.8, 4) is 0 Å². The molecule has 0 aliphatic carbocycles. The zero-order chi connectivity index (χ0) is 14.3. The fourth-order valence-electron chi connectivity index (χ4n) is 2.44. The summed E-state index contributed by atoms with van der Waals surface area (Å²) in [5.74, 6) is -2.79. The Bertz CT molecular complexity index is 702. The molecule has 0 saturated heterocycles. The smallest absolute Gasteiger partial charge is 0.178 e. The van der Waals surface area contributed by atoms with Crippen LogP contribution in [0.5, 0.6) is 0 Å². The Hall–Kier alpha value is -1.75. The molecule has 1 aliphatic rings. The predicted molar refractivity (Wildman–Crippen MR) is 76.1 cm³/mol. The highest BCUT2D eigenvalue weighted by Crippen LogP contribution is 2.35. The molecule has 1 unspecified atom stereocenters. The Balaban J connectivity index is 2.06. The van der Waals surface area contributed by atoms with E-state index in [0.717, 1.165) is 17.3 Å². The molecule has 0 saturated carbocycles. The molecule has 20 heavy (non-hydrogen) atoms. The van der Waals surface area contributed by atoms with Crippen LogP contribution in [0.1, 0.15) is 21.8 Å². The number of rotatable bonds is 2. The molecule has 1 heterocycles. The molecule has 0 amide bonds. The van der Waals surface area contributed by atoms with E-state index in [9.17, 15) is 13.6 Å². The van der Waals surface area contributed by atoms with Gasteiger partial charge in [-0.05, 0) is 39.7 Å². The van der Waals surface area contributed by atoms with Crippen LogP contribution in [-0.4, -0.2) is 12.3 Å². The number of nitrogens with one attached hydrogen (secondary N) is 1. The SMILES string of the molecule is O=C(c1c(F)ccc(Br)c1F)C1CNc2ccccc21. The fourth-order valence-corrected chi connectivity index (χ4v) is 2.78. The summed E-state index contributed by atoms with van der Waals surface area (Å²) in [5, 5.41) is 3.08. The largest absolute Gasteiger partial charge is 0.384 e. The van der Waals surface area contributed by atoms with Gasteiger partial charge in [0.2, 0.25) is 0 Å². The van der Waals surface area contributed by atoms with Gasteiger partial charge in [-0.1, -0.05) is 18.2 Å². The summed E-state index contributed by atoms with van der Waals surface area (Å²) in [5.41, 5.74) is 1.13. The van der Waals surface area contributed by atoms with E-state index in [-0.39, 0.29) is 4.47 Å². The van der Waals surface area contributed by atoms with E-state index in [1.165, 1.54) is 6.07 Å². The van der Waals surface area contributed by atoms with Gasteiger partial charge in [0.15, 0.2) is 11.6 Å². The fraction of sp³-hybridized carbons (Fsp3) is 0.133. The molecule has 2 aromatic rings. The Morgan fingerprint density at radius 3 is 2.75 bits per heavy atom. The number of fused-ring (bicyclic) bond motifs is 1. The Morgan fingerprint density at radius 1 is 1.20 bits per heavy atom. The molecule has 0 aromatic heterocycles. The Morgan fingerprint density at radius 2 is 1.95 bits per heavy atom. The van der Waals surface area contributed by atoms with Crippen molar-refractivity contribution in [1.82, 2.24) is 0 Å². The molecule has 5 heteroatoms. The number of benzene rings is 2. The summed E-state index contributed by atoms with van der Waals surface area (Å²) < 4.78 is 27.9. The van der Waals surface area contributed by atoms with Crippen molar-refractivity contribution < 1.29 is 13.6 Å². The first-order valence-electron chi connectivity index (χ1n) is 6.10. The molecule has 1 N–H and O–H groups in total. The molecular formula is C15H10BrF2NO. The van der Waals surface area contributed by atoms with Gasteiger partial charge in [0, 0.05) is 12.2 Å². The van der Waals surface area contributed by atoms with Crippen LogP contribution in [0.3, 0.4) is 0 Å². The Kier molecular flexibility index (Phi) is 3.30. The number of Topliss-reactive ketones (excluding diaryl/α,β-unsaturated/α-hetero) is 1. The van der Waals surface area contributed by atoms with Gasteiger partial charge in [-0.3, -0.25) is 4.79 Å². The van der Waals surface area contributed by atoms with Crippen LogP contribution in [0.25, 0.3) is 0 Å². The van der Waals surface area contributed by atoms with Crippen LogP contribution < -0.4 is 5.32 Å². The van der Waals surface area contributed by atoms with Gasteiger partial charge in [-0.15, -0.1) is 0 Å². The first-order valence-corrected chi connectivity index (χ1v) is 6.89. The van der Waals surface area contributed by atoms with Crippen molar-refractivity contribution in [2.24, 2.45) is 0 Å². The third-order valence-corrected chi connectivity index (χ3v) is 4.05. The third-order valence-electron chi connectivity index (χ3n) is 3.44. The topological polar surface area (TPSA) is 29.1 Å². The van der Waals surface area contributed by atoms with E-state index in [2.05, 4.69) is 21.2 Å². The van der Waals surface area contributed by atoms with Gasteiger partial charge >= 0.3 is 0 Å². The maximum absolute atomic E-state index is 14.0. The number of hydrogen-bond acceptors (Lipinski definition) is 2. The lowest BCUT2D eigenvalue weighted by atomic mass is 9.92. The van der Waals surface area contributed by atoms with E-state index in [1.807, 2.05) is 12.1 Å². The second kappa shape index (κ2) is 4.98. The van der Waals surface area contributed by atoms with E-state index in [4.69, 9.17) is 0 Å². The van der Waals surface area contributed by atoms with Gasteiger partial charge in [0.25, 0.3) is 0 Å². The summed E-state index contributed by atoms with van der Waals surface area (Å²) in [6.07, 6.45) is 0. The second-order valence-electron chi connectivity index (χ2n) is 4.60. The molecule has 0 bridgehead atoms. The first kappa shape index (κ1) is 13.2. The van der Waals surface area contributed by atoms with Crippen molar-refractivity contribution in [2.75, 3.05) is 11.9 Å². The van der Waals surface area contributed by atoms with Gasteiger partial charge < -0.3 is 5.32 Å². The van der Waals surface area contributed by atoms with Crippen LogP contribution in [-0.2, 0) is 0 Å². The highest BCUT2D eigenvalue weighted by Gasteiger charge is 2.32. The lowest BCUT2D eigenvalue weighted by molar-refractivity contribution is 0.0958. The van der Waals surface area contributed by atoms with E-state index < -0.39 is 28.9 Å². The minimum absolute atomic E-state index is 0.0847. The van der Waals surface area contributed by atoms with Gasteiger partial charge in [-0.25, -0.2) is 8.78 Å². The summed E-state index contributed by atoms with van der Waals surface area (Å²) in [7, 11) is 0. The second-order valence-corrected chi connectivity index (χ2v) is 5.46. The van der Waals surface area contributed by atoms with Gasteiger partial charge in [0.05, 0.1) is 16.0 Å². The minimum Gasteiger partial charge on any atom is -0.384 e. The van der Waals surface area contributed by atoms with Crippen molar-refractivity contribution in [3.05, 3.63) is 63.6 Å². The quantitative estimate of drug-likeness (QED) is 0.659. The maximum atomic E-state index is 14.0. The molecule has 102 valence electrons. The van der Waals surface area contributed by atoms with Crippen LogP contribution in [0.2, 0.25) is 0 Å². The summed E-state index contributed by atoms with van der Waals surface area (Å²) >= 11 is 2.98. The monoisotopic (exact) mass is 337 g/mol. The van der Waals surface area contributed by atoms with Gasteiger partial charge in [0.1, 0.15) is 5.82 Å². The average Bonchev–Trinajstić information content (AvgIpc) is 2.87. The molecule has 2 aromatic carbocycles. The summed E-state index contributed by atoms with van der Waals surface area (Å²) in [4.78, 5) is 12.5. The lowest BCUT2D eigenvalue weighted by Gasteiger charge is -2.11. The number of carbonyl (C=O) groups excluding carboxylic acids is 1. The molecule has 1 atom stereocenters. The lowest BCUT2D eigenvalue weighted by Crippen LogP contribution is -2.18. The van der Waals surface area contributed by atoms with Gasteiger partial charge in [-0.2, -0.15) is 0 Å². The number of anilines is 1. The van der Waals surface area contributed by atoms with Crippen LogP contribution in [0.15, 0.2) is 40.9 Å². The normalized spacial score (nSPS) is 16.6. The molecule has 3 rings (SSSR count). The standard InChI is InChI=1S/C15H10BrF2NO/c16-10-5-6-11(17)13(14(10)18)15(20)9-7-19-12-4-2-1-3-8(9)12/h1-6,9,19H,7H2. The van der Waals surface area contributed by atoms with Crippen molar-refractivity contribution >= 4 is 27.4 Å². The zero-order valence-corrected chi connectivity index (χ0v) is 11.9. The number of ketones is 1. The predicted octanol–water partition coefficient (Wildman–Crippen LogP) is 4.12. The molecule has 0 fully saturated rings. The maximum Gasteiger partial charge on any atom is 0.178 e. The van der Waals surface area contributed by atoms with E-state index >= 15 is 0 Å². The summed E-state index contributed by atoms with van der Waals surface area (Å²) in [6.45, 7) is 0.351. The van der Waals surface area contributed by atoms with Crippen LogP contribution >= 0.6 is 15.9 Å². The highest BCUT2D eigenvalue weighted by molar-refractivity contribution is 9.10. The molecule has 2 nitrogen and oxygen atoms in total. The van der Waals surface area contributed by atoms with Crippen LogP contribution in [0, 0.1) is 11.6 Å². The highest BCUT2D eigenvalue weighted by atomic mass is 79.9. The molecule has 0 spiro atoms. The molecular weight excluding hydrogens is 328 g/mol. The van der Waals surface area contributed by atoms with Crippen molar-refractivity contribution in [2.45, 2.75) is 5.92 Å². The van der Waals surface area contributed by atoms with Crippen LogP contribution in [0.4, 0.5) is 14.5 Å². The first-order chi connectivity index (χ1) is 9.59.